The minimum Gasteiger partial charge on any atom is -0.505 e. The summed E-state index contributed by atoms with van der Waals surface area (Å²) in [7, 11) is 1.48. The molecule has 37 heavy (non-hydrogen) atoms. The minimum atomic E-state index is -0.891. The van der Waals surface area contributed by atoms with Crippen LogP contribution < -0.4 is 16.2 Å². The number of carbonyl (C=O) groups is 2. The van der Waals surface area contributed by atoms with Crippen LogP contribution in [0.25, 0.3) is 11.1 Å². The molecule has 0 aliphatic carbocycles. The largest absolute Gasteiger partial charge is 0.505 e. The summed E-state index contributed by atoms with van der Waals surface area (Å²) in [6.45, 7) is 6.71. The number of aryl methyl sites for hydroxylation is 2. The molecule has 196 valence electrons. The maximum atomic E-state index is 14.2. The van der Waals surface area contributed by atoms with E-state index in [-0.39, 0.29) is 23.4 Å². The van der Waals surface area contributed by atoms with Crippen LogP contribution in [0.15, 0.2) is 53.5 Å². The summed E-state index contributed by atoms with van der Waals surface area (Å²) in [5.74, 6) is -2.37. The number of urea groups is 1. The third kappa shape index (κ3) is 6.93. The van der Waals surface area contributed by atoms with Crippen molar-refractivity contribution in [3.05, 3.63) is 81.8 Å². The Labute approximate surface area is 212 Å². The van der Waals surface area contributed by atoms with Crippen LogP contribution in [0.2, 0.25) is 0 Å². The van der Waals surface area contributed by atoms with Crippen molar-refractivity contribution >= 4 is 17.7 Å². The first-order chi connectivity index (χ1) is 17.2. The zero-order chi connectivity index (χ0) is 27.5. The zero-order valence-electron chi connectivity index (χ0n) is 21.2. The molecule has 0 saturated carbocycles. The van der Waals surface area contributed by atoms with Gasteiger partial charge in [-0.3, -0.25) is 9.59 Å². The molecule has 0 bridgehead atoms. The molecule has 2 aromatic carbocycles. The van der Waals surface area contributed by atoms with Gasteiger partial charge >= 0.3 is 12.0 Å². The molecule has 3 N–H and O–H groups in total. The molecule has 1 aromatic heterocycles. The lowest BCUT2D eigenvalue weighted by Gasteiger charge is -2.23. The van der Waals surface area contributed by atoms with Gasteiger partial charge in [0.15, 0.2) is 5.69 Å². The van der Waals surface area contributed by atoms with E-state index in [9.17, 15) is 28.3 Å². The summed E-state index contributed by atoms with van der Waals surface area (Å²) >= 11 is 0. The van der Waals surface area contributed by atoms with Gasteiger partial charge in [0, 0.05) is 30.4 Å². The molecule has 3 rings (SSSR count). The smallest absolute Gasteiger partial charge is 0.319 e. The van der Waals surface area contributed by atoms with Gasteiger partial charge in [0.2, 0.25) is 0 Å². The van der Waals surface area contributed by atoms with E-state index in [1.165, 1.54) is 23.9 Å². The number of amides is 2. The Morgan fingerprint density at radius 3 is 2.35 bits per heavy atom. The van der Waals surface area contributed by atoms with Crippen molar-refractivity contribution in [2.24, 2.45) is 7.05 Å². The van der Waals surface area contributed by atoms with Crippen molar-refractivity contribution in [3.8, 4) is 16.9 Å². The Kier molecular flexibility index (Phi) is 8.00. The number of aromatic hydroxyl groups is 1. The number of aromatic nitrogens is 1. The normalized spacial score (nSPS) is 12.1. The maximum Gasteiger partial charge on any atom is 0.319 e. The van der Waals surface area contributed by atoms with Gasteiger partial charge in [0.25, 0.3) is 5.56 Å². The molecule has 10 heteroatoms. The summed E-state index contributed by atoms with van der Waals surface area (Å²) in [5, 5.41) is 15.3. The Morgan fingerprint density at radius 1 is 1.11 bits per heavy atom. The Balaban J connectivity index is 1.88. The number of ether oxygens (including phenoxy) is 1. The van der Waals surface area contributed by atoms with Crippen LogP contribution in [0.4, 0.5) is 19.3 Å². The minimum absolute atomic E-state index is 0.188. The molecule has 8 nitrogen and oxygen atoms in total. The number of hydrogen-bond donors (Lipinski definition) is 3. The summed E-state index contributed by atoms with van der Waals surface area (Å²) in [6, 6.07) is 7.87. The first kappa shape index (κ1) is 27.4. The summed E-state index contributed by atoms with van der Waals surface area (Å²) in [4.78, 5) is 37.8. The van der Waals surface area contributed by atoms with Crippen LogP contribution in [-0.2, 0) is 16.6 Å². The molecule has 2 amide bonds. The molecule has 0 aliphatic heterocycles. The maximum absolute atomic E-state index is 14.2. The average Bonchev–Trinajstić information content (AvgIpc) is 2.79. The highest BCUT2D eigenvalue weighted by molar-refractivity contribution is 5.91. The second kappa shape index (κ2) is 10.8. The van der Waals surface area contributed by atoms with Crippen LogP contribution in [0.1, 0.15) is 44.4 Å². The first-order valence-electron chi connectivity index (χ1n) is 11.5. The molecular weight excluding hydrogens is 484 g/mol. The van der Waals surface area contributed by atoms with Crippen molar-refractivity contribution < 1.29 is 28.2 Å². The van der Waals surface area contributed by atoms with E-state index in [0.29, 0.717) is 16.7 Å². The Bertz CT molecular complexity index is 1380. The fraction of sp³-hybridized carbons (Fsp3) is 0.296. The summed E-state index contributed by atoms with van der Waals surface area (Å²) in [6.07, 6.45) is 1.18. The predicted molar refractivity (Wildman–Crippen MR) is 135 cm³/mol. The number of hydrogen-bond acceptors (Lipinski definition) is 5. The lowest BCUT2D eigenvalue weighted by Crippen LogP contribution is -2.37. The molecule has 0 aliphatic rings. The quantitative estimate of drug-likeness (QED) is 0.405. The van der Waals surface area contributed by atoms with Gasteiger partial charge < -0.3 is 25.0 Å². The van der Waals surface area contributed by atoms with E-state index < -0.39 is 40.8 Å². The van der Waals surface area contributed by atoms with Crippen LogP contribution in [-0.4, -0.2) is 27.3 Å². The van der Waals surface area contributed by atoms with Gasteiger partial charge in [0.05, 0.1) is 12.5 Å². The highest BCUT2D eigenvalue weighted by Gasteiger charge is 2.24. The van der Waals surface area contributed by atoms with Crippen molar-refractivity contribution in [2.75, 3.05) is 5.32 Å². The van der Waals surface area contributed by atoms with E-state index in [1.807, 2.05) is 0 Å². The number of pyridine rings is 1. The van der Waals surface area contributed by atoms with Gasteiger partial charge in [-0.05, 0) is 51.0 Å². The molecule has 1 heterocycles. The number of anilines is 1. The van der Waals surface area contributed by atoms with E-state index in [4.69, 9.17) is 4.74 Å². The van der Waals surface area contributed by atoms with E-state index in [1.54, 1.807) is 52.0 Å². The van der Waals surface area contributed by atoms with Crippen molar-refractivity contribution in [1.29, 1.82) is 0 Å². The van der Waals surface area contributed by atoms with Gasteiger partial charge in [-0.15, -0.1) is 0 Å². The van der Waals surface area contributed by atoms with Crippen LogP contribution in [0, 0.1) is 18.6 Å². The van der Waals surface area contributed by atoms with E-state index in [2.05, 4.69) is 10.6 Å². The monoisotopic (exact) mass is 513 g/mol. The molecule has 1 atom stereocenters. The summed E-state index contributed by atoms with van der Waals surface area (Å²) < 4.78 is 34.1. The van der Waals surface area contributed by atoms with Crippen molar-refractivity contribution in [3.63, 3.8) is 0 Å². The predicted octanol–water partition coefficient (Wildman–Crippen LogP) is 4.94. The summed E-state index contributed by atoms with van der Waals surface area (Å²) in [5.41, 5.74) is -0.151. The van der Waals surface area contributed by atoms with Crippen LogP contribution >= 0.6 is 0 Å². The standard InChI is InChI=1S/C27H29F2N3O5/c1-15-14-32(5)25(35)23(24(15)34)31-26(36)30-21(13-22(33)37-27(2,3)4)17-8-6-16(7-9-17)19-11-10-18(28)12-20(19)29/h6-12,14,21,34H,13H2,1-5H3,(H2,30,31,36). The third-order valence-corrected chi connectivity index (χ3v) is 5.42. The molecule has 3 aromatic rings. The number of rotatable bonds is 6. The third-order valence-electron chi connectivity index (χ3n) is 5.42. The molecule has 0 saturated heterocycles. The number of nitrogens with zero attached hydrogens (tertiary/aromatic N) is 1. The van der Waals surface area contributed by atoms with E-state index in [0.717, 1.165) is 12.1 Å². The number of benzene rings is 2. The molecular formula is C27H29F2N3O5. The van der Waals surface area contributed by atoms with Gasteiger partial charge in [-0.1, -0.05) is 24.3 Å². The Hall–Kier alpha value is -4.21. The average molecular weight is 514 g/mol. The molecule has 1 unspecified atom stereocenters. The first-order valence-corrected chi connectivity index (χ1v) is 11.5. The van der Waals surface area contributed by atoms with E-state index >= 15 is 0 Å². The zero-order valence-corrected chi connectivity index (χ0v) is 21.2. The topological polar surface area (TPSA) is 110 Å². The van der Waals surface area contributed by atoms with Crippen molar-refractivity contribution in [2.45, 2.75) is 45.8 Å². The molecule has 0 fully saturated rings. The molecule has 0 spiro atoms. The Morgan fingerprint density at radius 2 is 1.76 bits per heavy atom. The van der Waals surface area contributed by atoms with Gasteiger partial charge in [-0.2, -0.15) is 0 Å². The highest BCUT2D eigenvalue weighted by atomic mass is 19.1. The van der Waals surface area contributed by atoms with Crippen molar-refractivity contribution in [1.82, 2.24) is 9.88 Å². The van der Waals surface area contributed by atoms with Crippen LogP contribution in [0.3, 0.4) is 0 Å². The second-order valence-electron chi connectivity index (χ2n) is 9.64. The van der Waals surface area contributed by atoms with Gasteiger partial charge in [0.1, 0.15) is 23.0 Å². The lowest BCUT2D eigenvalue weighted by atomic mass is 9.98. The fourth-order valence-corrected chi connectivity index (χ4v) is 3.73. The lowest BCUT2D eigenvalue weighted by molar-refractivity contribution is -0.155. The van der Waals surface area contributed by atoms with Gasteiger partial charge in [-0.25, -0.2) is 13.6 Å². The number of esters is 1. The number of halogens is 2. The van der Waals surface area contributed by atoms with Crippen LogP contribution in [0.5, 0.6) is 5.75 Å². The number of nitrogens with one attached hydrogen (secondary N) is 2. The molecule has 0 radical (unpaired) electrons. The fourth-order valence-electron chi connectivity index (χ4n) is 3.73. The highest BCUT2D eigenvalue weighted by Crippen LogP contribution is 2.27. The SMILES string of the molecule is Cc1cn(C)c(=O)c(NC(=O)NC(CC(=O)OC(C)(C)C)c2ccc(-c3ccc(F)cc3F)cc2)c1O. The second-order valence-corrected chi connectivity index (χ2v) is 9.64. The number of carbonyl (C=O) groups excluding carboxylic acids is 2.